The highest BCUT2D eigenvalue weighted by atomic mass is 32.2. The lowest BCUT2D eigenvalue weighted by atomic mass is 9.90. The zero-order valence-corrected chi connectivity index (χ0v) is 25.8. The highest BCUT2D eigenvalue weighted by molar-refractivity contribution is 7.90. The zero-order valence-electron chi connectivity index (χ0n) is 25.0. The molecule has 0 aliphatic carbocycles. The molecule has 0 spiro atoms. The van der Waals surface area contributed by atoms with Gasteiger partial charge in [-0.25, -0.2) is 14.7 Å². The van der Waals surface area contributed by atoms with Gasteiger partial charge in [0.25, 0.3) is 15.9 Å². The Hall–Kier alpha value is -3.21. The molecule has 2 aliphatic heterocycles. The summed E-state index contributed by atoms with van der Waals surface area (Å²) in [4.78, 5) is 36.9. The Morgan fingerprint density at radius 1 is 1.15 bits per heavy atom. The highest BCUT2D eigenvalue weighted by Gasteiger charge is 2.41. The molecule has 4 bridgehead atoms. The summed E-state index contributed by atoms with van der Waals surface area (Å²) in [6, 6.07) is 8.13. The summed E-state index contributed by atoms with van der Waals surface area (Å²) in [5.74, 6) is 0.281. The lowest BCUT2D eigenvalue weighted by Gasteiger charge is -2.34. The van der Waals surface area contributed by atoms with E-state index in [0.717, 1.165) is 25.0 Å². The van der Waals surface area contributed by atoms with E-state index in [9.17, 15) is 18.0 Å². The van der Waals surface area contributed by atoms with Crippen LogP contribution in [0.4, 0.5) is 11.6 Å². The van der Waals surface area contributed by atoms with Gasteiger partial charge in [-0.15, -0.1) is 0 Å². The van der Waals surface area contributed by atoms with E-state index in [1.807, 2.05) is 0 Å². The summed E-state index contributed by atoms with van der Waals surface area (Å²) in [6.45, 7) is 13.3. The Kier molecular flexibility index (Phi) is 8.96. The first-order chi connectivity index (χ1) is 19.2. The van der Waals surface area contributed by atoms with Crippen molar-refractivity contribution in [2.45, 2.75) is 102 Å². The fourth-order valence-electron chi connectivity index (χ4n) is 5.74. The second kappa shape index (κ2) is 12.0. The van der Waals surface area contributed by atoms with Crippen LogP contribution in [0.3, 0.4) is 0 Å². The van der Waals surface area contributed by atoms with Crippen LogP contribution in [-0.2, 0) is 25.0 Å². The van der Waals surface area contributed by atoms with Gasteiger partial charge in [0.2, 0.25) is 0 Å². The predicted molar refractivity (Wildman–Crippen MR) is 158 cm³/mol. The van der Waals surface area contributed by atoms with Crippen LogP contribution in [-0.4, -0.2) is 55.0 Å². The minimum absolute atomic E-state index is 0.0235. The van der Waals surface area contributed by atoms with Crippen molar-refractivity contribution >= 4 is 33.5 Å². The summed E-state index contributed by atoms with van der Waals surface area (Å²) >= 11 is 0. The van der Waals surface area contributed by atoms with Gasteiger partial charge in [-0.1, -0.05) is 26.8 Å². The number of nitrogens with one attached hydrogen (secondary N) is 2. The Bertz CT molecular complexity index is 1390. The molecule has 1 amide bonds. The first-order valence-corrected chi connectivity index (χ1v) is 15.9. The maximum atomic E-state index is 13.5. The number of hydrogen-bond donors (Lipinski definition) is 2. The molecule has 224 valence electrons. The van der Waals surface area contributed by atoms with E-state index in [1.54, 1.807) is 31.2 Å². The topological polar surface area (TPSA) is 131 Å². The van der Waals surface area contributed by atoms with Gasteiger partial charge in [0.15, 0.2) is 5.03 Å². The quantitative estimate of drug-likeness (QED) is 0.475. The van der Waals surface area contributed by atoms with Crippen LogP contribution in [0.5, 0.6) is 0 Å². The second-order valence-electron chi connectivity index (χ2n) is 12.7. The number of sulfonamides is 1. The highest BCUT2D eigenvalue weighted by Crippen LogP contribution is 2.40. The van der Waals surface area contributed by atoms with Crippen LogP contribution >= 0.6 is 0 Å². The van der Waals surface area contributed by atoms with Crippen molar-refractivity contribution in [3.8, 4) is 0 Å². The largest absolute Gasteiger partial charge is 0.466 e. The molecule has 41 heavy (non-hydrogen) atoms. The number of anilines is 2. The molecule has 2 aliphatic rings. The lowest BCUT2D eigenvalue weighted by Crippen LogP contribution is -2.41. The number of fused-ring (bicyclic) bond motifs is 6. The Morgan fingerprint density at radius 3 is 2.61 bits per heavy atom. The molecule has 2 aromatic rings. The average molecular weight is 586 g/mol. The minimum atomic E-state index is -4.26. The van der Waals surface area contributed by atoms with E-state index in [2.05, 4.69) is 54.5 Å². The van der Waals surface area contributed by atoms with Gasteiger partial charge in [0.1, 0.15) is 11.6 Å². The van der Waals surface area contributed by atoms with Crippen LogP contribution in [0.15, 0.2) is 35.4 Å². The molecule has 4 rings (SSSR count). The molecule has 0 radical (unpaired) electrons. The van der Waals surface area contributed by atoms with E-state index in [1.165, 1.54) is 6.07 Å². The van der Waals surface area contributed by atoms with Crippen molar-refractivity contribution in [3.05, 3.63) is 41.6 Å². The standard InChI is InChI=1S/C30H43N5O5S/c1-7-40-26(36)13-8-10-21-15-14-20-18-30(5,6)35(19-20)27-22(16-17-23(32-27)29(2,3)4)28(37)34-41(38,39)25-12-9-11-24(31-21)33-25/h9,11-12,16-17,20-21H,7-8,10,13-15,18-19H2,1-6H3,(H,31,33)(H,34,37)/t20-,21?/m0/s1. The van der Waals surface area contributed by atoms with Gasteiger partial charge in [-0.05, 0) is 83.1 Å². The molecule has 2 aromatic heterocycles. The number of pyridine rings is 2. The number of amides is 1. The van der Waals surface area contributed by atoms with Crippen molar-refractivity contribution in [2.75, 3.05) is 23.4 Å². The number of carbonyl (C=O) groups is 2. The molecule has 0 saturated carbocycles. The number of aromatic nitrogens is 2. The number of hydrogen-bond acceptors (Lipinski definition) is 9. The molecule has 2 N–H and O–H groups in total. The van der Waals surface area contributed by atoms with Crippen molar-refractivity contribution in [1.29, 1.82) is 0 Å². The minimum Gasteiger partial charge on any atom is -0.466 e. The van der Waals surface area contributed by atoms with Gasteiger partial charge >= 0.3 is 5.97 Å². The zero-order chi connectivity index (χ0) is 30.0. The molecular weight excluding hydrogens is 542 g/mol. The number of rotatable bonds is 5. The predicted octanol–water partition coefficient (Wildman–Crippen LogP) is 4.81. The molecule has 11 heteroatoms. The molecule has 0 aromatic carbocycles. The molecule has 10 nitrogen and oxygen atoms in total. The smallest absolute Gasteiger partial charge is 0.305 e. The van der Waals surface area contributed by atoms with Crippen LogP contribution in [0.2, 0.25) is 0 Å². The Morgan fingerprint density at radius 2 is 1.90 bits per heavy atom. The van der Waals surface area contributed by atoms with Gasteiger partial charge in [-0.2, -0.15) is 8.42 Å². The van der Waals surface area contributed by atoms with Crippen molar-refractivity contribution < 1.29 is 22.7 Å². The third-order valence-corrected chi connectivity index (χ3v) is 9.08. The molecule has 4 heterocycles. The molecular formula is C30H43N5O5S. The number of carbonyl (C=O) groups excluding carboxylic acids is 2. The maximum absolute atomic E-state index is 13.5. The summed E-state index contributed by atoms with van der Waals surface area (Å²) < 4.78 is 34.0. The summed E-state index contributed by atoms with van der Waals surface area (Å²) in [6.07, 6.45) is 4.29. The molecule has 2 atom stereocenters. The summed E-state index contributed by atoms with van der Waals surface area (Å²) in [5, 5.41) is 3.15. The monoisotopic (exact) mass is 585 g/mol. The number of ether oxygens (including phenoxy) is 1. The van der Waals surface area contributed by atoms with Crippen molar-refractivity contribution in [2.24, 2.45) is 5.92 Å². The third kappa shape index (κ3) is 7.36. The molecule has 1 fully saturated rings. The molecule has 1 saturated heterocycles. The van der Waals surface area contributed by atoms with Crippen LogP contribution in [0.1, 0.15) is 96.1 Å². The Balaban J connectivity index is 1.73. The normalized spacial score (nSPS) is 22.0. The first-order valence-electron chi connectivity index (χ1n) is 14.4. The van der Waals surface area contributed by atoms with E-state index in [4.69, 9.17) is 9.72 Å². The maximum Gasteiger partial charge on any atom is 0.305 e. The summed E-state index contributed by atoms with van der Waals surface area (Å²) in [7, 11) is -4.26. The van der Waals surface area contributed by atoms with Crippen LogP contribution in [0, 0.1) is 5.92 Å². The van der Waals surface area contributed by atoms with Crippen LogP contribution < -0.4 is 14.9 Å². The van der Waals surface area contributed by atoms with Gasteiger partial charge in [-0.3, -0.25) is 9.59 Å². The van der Waals surface area contributed by atoms with Crippen molar-refractivity contribution in [3.63, 3.8) is 0 Å². The van der Waals surface area contributed by atoms with E-state index in [0.29, 0.717) is 50.0 Å². The van der Waals surface area contributed by atoms with Gasteiger partial charge in [0, 0.05) is 35.7 Å². The first kappa shape index (κ1) is 30.7. The SMILES string of the molecule is CCOC(=O)CCCC1CC[C@@H]2CN(c3nc(C(C)(C)C)ccc3C(=O)NS(=O)(=O)c3cccc(n3)N1)C(C)(C)C2. The van der Waals surface area contributed by atoms with Gasteiger partial charge in [0.05, 0.1) is 12.2 Å². The average Bonchev–Trinajstić information content (AvgIpc) is 3.19. The third-order valence-electron chi connectivity index (χ3n) is 7.84. The molecule has 1 unspecified atom stereocenters. The van der Waals surface area contributed by atoms with Crippen LogP contribution in [0.25, 0.3) is 0 Å². The van der Waals surface area contributed by atoms with Crippen molar-refractivity contribution in [1.82, 2.24) is 14.7 Å². The second-order valence-corrected chi connectivity index (χ2v) is 14.4. The van der Waals surface area contributed by atoms with E-state index >= 15 is 0 Å². The fourth-order valence-corrected chi connectivity index (χ4v) is 6.67. The number of nitrogens with zero attached hydrogens (tertiary/aromatic N) is 3. The van der Waals surface area contributed by atoms with E-state index < -0.39 is 15.9 Å². The fraction of sp³-hybridized carbons (Fsp3) is 0.600. The Labute approximate surface area is 243 Å². The van der Waals surface area contributed by atoms with Gasteiger partial charge < -0.3 is 15.0 Å². The summed E-state index contributed by atoms with van der Waals surface area (Å²) in [5.41, 5.74) is 0.489. The van der Waals surface area contributed by atoms with E-state index in [-0.39, 0.29) is 33.6 Å². The number of esters is 1. The lowest BCUT2D eigenvalue weighted by molar-refractivity contribution is -0.143.